The third-order valence-electron chi connectivity index (χ3n) is 4.42. The molecule has 0 aliphatic rings. The van der Waals surface area contributed by atoms with Crippen LogP contribution in [0.25, 0.3) is 6.08 Å². The van der Waals surface area contributed by atoms with Crippen LogP contribution in [0.5, 0.6) is 0 Å². The lowest BCUT2D eigenvalue weighted by Gasteiger charge is -2.19. The molecule has 2 amide bonds. The maximum atomic E-state index is 12.7. The van der Waals surface area contributed by atoms with E-state index in [1.54, 1.807) is 23.1 Å². The van der Waals surface area contributed by atoms with Gasteiger partial charge in [0.25, 0.3) is 11.8 Å². The molecular weight excluding hydrogens is 425 g/mol. The summed E-state index contributed by atoms with van der Waals surface area (Å²) in [6, 6.07) is 10.8. The van der Waals surface area contributed by atoms with E-state index >= 15 is 0 Å². The highest BCUT2D eigenvalue weighted by atomic mass is 19.4. The van der Waals surface area contributed by atoms with E-state index in [1.807, 2.05) is 13.8 Å². The van der Waals surface area contributed by atoms with Gasteiger partial charge in [0, 0.05) is 30.4 Å². The molecule has 170 valence electrons. The quantitative estimate of drug-likeness (QED) is 0.480. The van der Waals surface area contributed by atoms with Crippen LogP contribution in [-0.2, 0) is 20.5 Å². The van der Waals surface area contributed by atoms with Gasteiger partial charge < -0.3 is 15.0 Å². The molecule has 2 aromatic carbocycles. The fraction of sp³-hybridized carbons (Fsp3) is 0.261. The minimum absolute atomic E-state index is 0.163. The highest BCUT2D eigenvalue weighted by Gasteiger charge is 2.30. The number of esters is 1. The third kappa shape index (κ3) is 7.26. The summed E-state index contributed by atoms with van der Waals surface area (Å²) in [6.07, 6.45) is -2.39. The first kappa shape index (κ1) is 24.6. The smallest absolute Gasteiger partial charge is 0.416 e. The van der Waals surface area contributed by atoms with Crippen molar-refractivity contribution < 1.29 is 32.3 Å². The van der Waals surface area contributed by atoms with E-state index < -0.39 is 30.2 Å². The van der Waals surface area contributed by atoms with Gasteiger partial charge in [0.15, 0.2) is 6.61 Å². The van der Waals surface area contributed by atoms with E-state index in [-0.39, 0.29) is 11.5 Å². The summed E-state index contributed by atoms with van der Waals surface area (Å²) in [5, 5.41) is 2.53. The molecule has 2 aromatic rings. The number of hydrogen-bond acceptors (Lipinski definition) is 4. The SMILES string of the molecule is CCN(CC)C(=O)c1cccc(NC(=O)COC(=O)/C=C/c2cccc(C(F)(F)F)c2)c1. The third-order valence-corrected chi connectivity index (χ3v) is 4.42. The van der Waals surface area contributed by atoms with Crippen molar-refractivity contribution in [2.75, 3.05) is 25.0 Å². The largest absolute Gasteiger partial charge is 0.452 e. The molecule has 6 nitrogen and oxygen atoms in total. The van der Waals surface area contributed by atoms with Crippen LogP contribution in [0.4, 0.5) is 18.9 Å². The summed E-state index contributed by atoms with van der Waals surface area (Å²) in [5.74, 6) is -1.68. The Hall–Kier alpha value is -3.62. The maximum absolute atomic E-state index is 12.7. The maximum Gasteiger partial charge on any atom is 0.416 e. The first-order chi connectivity index (χ1) is 15.1. The molecule has 32 heavy (non-hydrogen) atoms. The molecule has 0 atom stereocenters. The second-order valence-electron chi connectivity index (χ2n) is 6.67. The van der Waals surface area contributed by atoms with Gasteiger partial charge in [-0.15, -0.1) is 0 Å². The topological polar surface area (TPSA) is 75.7 Å². The minimum Gasteiger partial charge on any atom is -0.452 e. The van der Waals surface area contributed by atoms with Gasteiger partial charge in [0.2, 0.25) is 0 Å². The number of rotatable bonds is 8. The minimum atomic E-state index is -4.49. The number of nitrogens with one attached hydrogen (secondary N) is 1. The number of carbonyl (C=O) groups is 3. The Labute approximate surface area is 183 Å². The standard InChI is InChI=1S/C23H23F3N2O4/c1-3-28(4-2)22(31)17-8-6-10-19(14-17)27-20(29)15-32-21(30)12-11-16-7-5-9-18(13-16)23(24,25)26/h5-14H,3-4,15H2,1-2H3,(H,27,29)/b12-11+. The molecular formula is C23H23F3N2O4. The number of amides is 2. The van der Waals surface area contributed by atoms with Crippen LogP contribution < -0.4 is 5.32 Å². The summed E-state index contributed by atoms with van der Waals surface area (Å²) in [7, 11) is 0. The van der Waals surface area contributed by atoms with Crippen LogP contribution in [0.1, 0.15) is 35.3 Å². The number of alkyl halides is 3. The van der Waals surface area contributed by atoms with E-state index in [0.717, 1.165) is 24.3 Å². The number of benzene rings is 2. The van der Waals surface area contributed by atoms with Crippen molar-refractivity contribution in [3.8, 4) is 0 Å². The monoisotopic (exact) mass is 448 g/mol. The average molecular weight is 448 g/mol. The van der Waals surface area contributed by atoms with Gasteiger partial charge in [-0.3, -0.25) is 9.59 Å². The predicted molar refractivity (Wildman–Crippen MR) is 114 cm³/mol. The zero-order valence-electron chi connectivity index (χ0n) is 17.6. The van der Waals surface area contributed by atoms with Gasteiger partial charge in [0.1, 0.15) is 0 Å². The second-order valence-corrected chi connectivity index (χ2v) is 6.67. The van der Waals surface area contributed by atoms with Crippen LogP contribution >= 0.6 is 0 Å². The molecule has 0 heterocycles. The number of ether oxygens (including phenoxy) is 1. The number of hydrogen-bond donors (Lipinski definition) is 1. The molecule has 2 rings (SSSR count). The molecule has 0 fully saturated rings. The molecule has 0 saturated heterocycles. The van der Waals surface area contributed by atoms with Crippen LogP contribution in [-0.4, -0.2) is 42.4 Å². The second kappa shape index (κ2) is 11.1. The Bertz CT molecular complexity index is 999. The molecule has 0 spiro atoms. The van der Waals surface area contributed by atoms with Gasteiger partial charge in [-0.05, 0) is 55.8 Å². The highest BCUT2D eigenvalue weighted by Crippen LogP contribution is 2.29. The van der Waals surface area contributed by atoms with Crippen molar-refractivity contribution in [1.29, 1.82) is 0 Å². The predicted octanol–water partition coefficient (Wildman–Crippen LogP) is 4.38. The molecule has 1 N–H and O–H groups in total. The van der Waals surface area contributed by atoms with Gasteiger partial charge in [-0.25, -0.2) is 4.79 Å². The number of carbonyl (C=O) groups excluding carboxylic acids is 3. The van der Waals surface area contributed by atoms with Crippen LogP contribution in [0, 0.1) is 0 Å². The lowest BCUT2D eigenvalue weighted by Crippen LogP contribution is -2.30. The zero-order chi connectivity index (χ0) is 23.7. The number of anilines is 1. The van der Waals surface area contributed by atoms with Crippen LogP contribution in [0.2, 0.25) is 0 Å². The van der Waals surface area contributed by atoms with Crippen molar-refractivity contribution in [2.24, 2.45) is 0 Å². The lowest BCUT2D eigenvalue weighted by atomic mass is 10.1. The fourth-order valence-electron chi connectivity index (χ4n) is 2.79. The summed E-state index contributed by atoms with van der Waals surface area (Å²) >= 11 is 0. The van der Waals surface area contributed by atoms with Gasteiger partial charge in [0.05, 0.1) is 5.56 Å². The summed E-state index contributed by atoms with van der Waals surface area (Å²) in [6.45, 7) is 4.23. The Kier molecular flexibility index (Phi) is 8.57. The van der Waals surface area contributed by atoms with Gasteiger partial charge in [-0.1, -0.05) is 18.2 Å². The Morgan fingerprint density at radius 1 is 1.03 bits per heavy atom. The lowest BCUT2D eigenvalue weighted by molar-refractivity contribution is -0.142. The molecule has 0 aromatic heterocycles. The van der Waals surface area contributed by atoms with E-state index in [4.69, 9.17) is 4.74 Å². The first-order valence-corrected chi connectivity index (χ1v) is 9.85. The van der Waals surface area contributed by atoms with E-state index in [2.05, 4.69) is 5.32 Å². The first-order valence-electron chi connectivity index (χ1n) is 9.85. The van der Waals surface area contributed by atoms with Crippen molar-refractivity contribution in [1.82, 2.24) is 4.90 Å². The van der Waals surface area contributed by atoms with Crippen molar-refractivity contribution in [3.05, 3.63) is 71.3 Å². The Morgan fingerprint density at radius 3 is 2.38 bits per heavy atom. The summed E-state index contributed by atoms with van der Waals surface area (Å²) < 4.78 is 43.0. The number of halogens is 3. The van der Waals surface area contributed by atoms with Gasteiger partial charge >= 0.3 is 12.1 Å². The average Bonchev–Trinajstić information content (AvgIpc) is 2.77. The molecule has 0 unspecified atom stereocenters. The number of nitrogens with zero attached hydrogens (tertiary/aromatic N) is 1. The van der Waals surface area contributed by atoms with E-state index in [0.29, 0.717) is 24.3 Å². The van der Waals surface area contributed by atoms with Crippen molar-refractivity contribution in [2.45, 2.75) is 20.0 Å². The Morgan fingerprint density at radius 2 is 1.72 bits per heavy atom. The fourth-order valence-corrected chi connectivity index (χ4v) is 2.79. The molecule has 9 heteroatoms. The molecule has 0 saturated carbocycles. The van der Waals surface area contributed by atoms with Gasteiger partial charge in [-0.2, -0.15) is 13.2 Å². The Balaban J connectivity index is 1.91. The highest BCUT2D eigenvalue weighted by molar-refractivity contribution is 5.98. The molecule has 0 aliphatic carbocycles. The van der Waals surface area contributed by atoms with Crippen molar-refractivity contribution >= 4 is 29.5 Å². The van der Waals surface area contributed by atoms with E-state index in [1.165, 1.54) is 18.2 Å². The van der Waals surface area contributed by atoms with Crippen molar-refractivity contribution in [3.63, 3.8) is 0 Å². The van der Waals surface area contributed by atoms with Crippen LogP contribution in [0.3, 0.4) is 0 Å². The molecule has 0 bridgehead atoms. The van der Waals surface area contributed by atoms with Crippen LogP contribution in [0.15, 0.2) is 54.6 Å². The zero-order valence-corrected chi connectivity index (χ0v) is 17.6. The summed E-state index contributed by atoms with van der Waals surface area (Å²) in [5.41, 5.74) is 0.0982. The van der Waals surface area contributed by atoms with E-state index in [9.17, 15) is 27.6 Å². The normalized spacial score (nSPS) is 11.3. The summed E-state index contributed by atoms with van der Waals surface area (Å²) in [4.78, 5) is 37.9. The molecule has 0 radical (unpaired) electrons. The molecule has 0 aliphatic heterocycles.